The zero-order valence-electron chi connectivity index (χ0n) is 22.2. The Kier molecular flexibility index (Phi) is 7.88. The van der Waals surface area contributed by atoms with E-state index in [9.17, 15) is 9.59 Å². The number of hydrogen-bond donors (Lipinski definition) is 0. The minimum Gasteiger partial charge on any atom is -0.462 e. The van der Waals surface area contributed by atoms with E-state index in [1.807, 2.05) is 48.5 Å². The highest BCUT2D eigenvalue weighted by atomic mass is 16.7. The molecule has 0 bridgehead atoms. The first-order valence-corrected chi connectivity index (χ1v) is 13.7. The number of aromatic nitrogens is 1. The van der Waals surface area contributed by atoms with Gasteiger partial charge in [-0.1, -0.05) is 44.9 Å². The van der Waals surface area contributed by atoms with Gasteiger partial charge in [0.2, 0.25) is 5.79 Å². The molecule has 0 N–H and O–H groups in total. The first-order valence-electron chi connectivity index (χ1n) is 13.7. The molecule has 2 aliphatic rings. The van der Waals surface area contributed by atoms with Crippen molar-refractivity contribution in [2.24, 2.45) is 0 Å². The highest BCUT2D eigenvalue weighted by molar-refractivity contribution is 5.96. The number of piperidine rings is 1. The van der Waals surface area contributed by atoms with Crippen LogP contribution in [0.4, 0.5) is 9.59 Å². The Labute approximate surface area is 223 Å². The van der Waals surface area contributed by atoms with Gasteiger partial charge in [-0.25, -0.2) is 14.2 Å². The molecule has 1 saturated heterocycles. The fraction of sp³-hybridized carbons (Fsp3) is 0.467. The molecule has 2 aliphatic heterocycles. The third-order valence-corrected chi connectivity index (χ3v) is 7.27. The van der Waals surface area contributed by atoms with Crippen LogP contribution >= 0.6 is 0 Å². The monoisotopic (exact) mass is 520 g/mol. The van der Waals surface area contributed by atoms with Crippen LogP contribution in [0.5, 0.6) is 5.75 Å². The summed E-state index contributed by atoms with van der Waals surface area (Å²) < 4.78 is 25.2. The minimum absolute atomic E-state index is 0.266. The molecule has 3 heterocycles. The van der Waals surface area contributed by atoms with E-state index in [0.29, 0.717) is 45.8 Å². The largest absolute Gasteiger partial charge is 0.462 e. The number of nitrogens with zero attached hydrogens (tertiary/aromatic N) is 2. The molecule has 0 atom stereocenters. The number of hydrogen-bond acceptors (Lipinski definition) is 6. The van der Waals surface area contributed by atoms with Gasteiger partial charge in [0.05, 0.1) is 31.0 Å². The summed E-state index contributed by atoms with van der Waals surface area (Å²) in [6.07, 6.45) is 4.16. The molecule has 2 aromatic carbocycles. The van der Waals surface area contributed by atoms with Crippen LogP contribution in [0.25, 0.3) is 22.2 Å². The predicted octanol–water partition coefficient (Wildman–Crippen LogP) is 6.73. The Morgan fingerprint density at radius 2 is 1.63 bits per heavy atom. The van der Waals surface area contributed by atoms with Crippen molar-refractivity contribution in [2.75, 3.05) is 26.3 Å². The van der Waals surface area contributed by atoms with Gasteiger partial charge in [0.25, 0.3) is 0 Å². The van der Waals surface area contributed by atoms with Gasteiger partial charge >= 0.3 is 12.2 Å². The van der Waals surface area contributed by atoms with Crippen molar-refractivity contribution in [3.63, 3.8) is 0 Å². The second-order valence-corrected chi connectivity index (χ2v) is 9.97. The smallest absolute Gasteiger partial charge is 0.418 e. The molecule has 5 rings (SSSR count). The summed E-state index contributed by atoms with van der Waals surface area (Å²) in [6, 6.07) is 15.8. The molecule has 0 radical (unpaired) electrons. The number of unbranched alkanes of at least 4 members (excludes halogenated alkanes) is 2. The Balaban J connectivity index is 1.32. The highest BCUT2D eigenvalue weighted by Gasteiger charge is 2.42. The molecule has 8 nitrogen and oxygen atoms in total. The lowest BCUT2D eigenvalue weighted by Crippen LogP contribution is -2.52. The molecular formula is C30H36N2O6. The summed E-state index contributed by atoms with van der Waals surface area (Å²) in [4.78, 5) is 27.1. The summed E-state index contributed by atoms with van der Waals surface area (Å²) in [5, 5.41) is 0.971. The van der Waals surface area contributed by atoms with Gasteiger partial charge in [-0.2, -0.15) is 0 Å². The Bertz CT molecular complexity index is 1290. The van der Waals surface area contributed by atoms with Crippen LogP contribution in [-0.4, -0.2) is 53.7 Å². The molecule has 1 amide bonds. The van der Waals surface area contributed by atoms with Gasteiger partial charge < -0.3 is 23.8 Å². The number of para-hydroxylation sites is 1. The SMILES string of the molecule is CCCCOC(=O)N1CCC2(CC1)OCc1cc(-c3cc4ccccc4n3C(=O)OCCCC)ccc1O2. The van der Waals surface area contributed by atoms with Crippen LogP contribution in [-0.2, 0) is 20.8 Å². The maximum Gasteiger partial charge on any atom is 0.418 e. The fourth-order valence-electron chi connectivity index (χ4n) is 4.99. The maximum atomic E-state index is 13.1. The second kappa shape index (κ2) is 11.5. The molecule has 1 aromatic heterocycles. The summed E-state index contributed by atoms with van der Waals surface area (Å²) in [7, 11) is 0. The number of carbonyl (C=O) groups is 2. The number of carbonyl (C=O) groups excluding carboxylic acids is 2. The van der Waals surface area contributed by atoms with Crippen molar-refractivity contribution in [3.8, 4) is 17.0 Å². The van der Waals surface area contributed by atoms with E-state index in [4.69, 9.17) is 18.9 Å². The van der Waals surface area contributed by atoms with Crippen molar-refractivity contribution >= 4 is 23.1 Å². The van der Waals surface area contributed by atoms with E-state index in [1.165, 1.54) is 0 Å². The zero-order valence-corrected chi connectivity index (χ0v) is 22.2. The van der Waals surface area contributed by atoms with Gasteiger partial charge in [-0.3, -0.25) is 0 Å². The number of likely N-dealkylation sites (tertiary alicyclic amines) is 1. The molecule has 0 saturated carbocycles. The number of rotatable bonds is 7. The summed E-state index contributed by atoms with van der Waals surface area (Å²) in [5.41, 5.74) is 3.39. The Morgan fingerprint density at radius 3 is 2.37 bits per heavy atom. The van der Waals surface area contributed by atoms with E-state index in [1.54, 1.807) is 9.47 Å². The molecular weight excluding hydrogens is 484 g/mol. The molecule has 202 valence electrons. The van der Waals surface area contributed by atoms with Gasteiger partial charge in [-0.05, 0) is 48.7 Å². The number of benzene rings is 2. The standard InChI is InChI=1S/C30H36N2O6/c1-3-5-17-35-28(33)31-15-13-30(14-16-31)37-21-24-19-23(11-12-27(24)38-30)26-20-22-9-7-8-10-25(22)32(26)29(34)36-18-6-4-2/h7-12,19-20H,3-6,13-18,21H2,1-2H3. The molecule has 0 aliphatic carbocycles. The summed E-state index contributed by atoms with van der Waals surface area (Å²) in [6.45, 7) is 6.43. The third-order valence-electron chi connectivity index (χ3n) is 7.27. The number of fused-ring (bicyclic) bond motifs is 2. The Morgan fingerprint density at radius 1 is 0.921 bits per heavy atom. The first kappa shape index (κ1) is 26.1. The zero-order chi connectivity index (χ0) is 26.5. The van der Waals surface area contributed by atoms with E-state index in [-0.39, 0.29) is 12.2 Å². The molecule has 1 fully saturated rings. The lowest BCUT2D eigenvalue weighted by atomic mass is 10.0. The van der Waals surface area contributed by atoms with Crippen LogP contribution in [0.2, 0.25) is 0 Å². The van der Waals surface area contributed by atoms with Crippen molar-refractivity contribution in [2.45, 2.75) is 64.8 Å². The third kappa shape index (κ3) is 5.36. The molecule has 38 heavy (non-hydrogen) atoms. The van der Waals surface area contributed by atoms with Crippen molar-refractivity contribution in [1.82, 2.24) is 9.47 Å². The quantitative estimate of drug-likeness (QED) is 0.321. The highest BCUT2D eigenvalue weighted by Crippen LogP contribution is 2.40. The molecule has 3 aromatic rings. The van der Waals surface area contributed by atoms with Crippen LogP contribution in [0.3, 0.4) is 0 Å². The van der Waals surface area contributed by atoms with Crippen LogP contribution in [0, 0.1) is 0 Å². The van der Waals surface area contributed by atoms with Crippen LogP contribution in [0.15, 0.2) is 48.5 Å². The van der Waals surface area contributed by atoms with Gasteiger partial charge in [0.15, 0.2) is 0 Å². The number of ether oxygens (including phenoxy) is 4. The number of amides is 1. The lowest BCUT2D eigenvalue weighted by Gasteiger charge is -2.43. The molecule has 1 spiro atoms. The summed E-state index contributed by atoms with van der Waals surface area (Å²) >= 11 is 0. The average molecular weight is 521 g/mol. The van der Waals surface area contributed by atoms with Gasteiger partial charge in [0.1, 0.15) is 5.75 Å². The van der Waals surface area contributed by atoms with Gasteiger partial charge in [-0.15, -0.1) is 0 Å². The van der Waals surface area contributed by atoms with E-state index < -0.39 is 5.79 Å². The minimum atomic E-state index is -0.743. The Hall–Kier alpha value is -3.52. The van der Waals surface area contributed by atoms with Crippen LogP contribution in [0.1, 0.15) is 57.9 Å². The normalized spacial score (nSPS) is 16.2. The van der Waals surface area contributed by atoms with E-state index in [2.05, 4.69) is 13.8 Å². The average Bonchev–Trinajstić information content (AvgIpc) is 3.33. The summed E-state index contributed by atoms with van der Waals surface area (Å²) in [5.74, 6) is 0.0272. The van der Waals surface area contributed by atoms with Crippen molar-refractivity contribution < 1.29 is 28.5 Å². The lowest BCUT2D eigenvalue weighted by molar-refractivity contribution is -0.226. The predicted molar refractivity (Wildman–Crippen MR) is 144 cm³/mol. The maximum absolute atomic E-state index is 13.1. The molecule has 0 unspecified atom stereocenters. The van der Waals surface area contributed by atoms with Crippen molar-refractivity contribution in [3.05, 3.63) is 54.1 Å². The van der Waals surface area contributed by atoms with Gasteiger partial charge in [0, 0.05) is 36.9 Å². The topological polar surface area (TPSA) is 79.2 Å². The van der Waals surface area contributed by atoms with E-state index in [0.717, 1.165) is 59.2 Å². The molecule has 8 heteroatoms. The fourth-order valence-corrected chi connectivity index (χ4v) is 4.99. The van der Waals surface area contributed by atoms with Crippen LogP contribution < -0.4 is 4.74 Å². The van der Waals surface area contributed by atoms with E-state index >= 15 is 0 Å². The first-order chi connectivity index (χ1) is 18.5. The second-order valence-electron chi connectivity index (χ2n) is 9.97. The van der Waals surface area contributed by atoms with Crippen molar-refractivity contribution in [1.29, 1.82) is 0 Å².